The van der Waals surface area contributed by atoms with Crippen LogP contribution in [0.5, 0.6) is 0 Å². The van der Waals surface area contributed by atoms with Gasteiger partial charge in [-0.25, -0.2) is 0 Å². The second kappa shape index (κ2) is 4.84. The van der Waals surface area contributed by atoms with Gasteiger partial charge in [0.05, 0.1) is 0 Å². The number of fused-ring (bicyclic) bond motifs is 2. The highest BCUT2D eigenvalue weighted by molar-refractivity contribution is 7.20. The van der Waals surface area contributed by atoms with Crippen molar-refractivity contribution < 1.29 is 0 Å². The summed E-state index contributed by atoms with van der Waals surface area (Å²) in [5, 5.41) is 0. The van der Waals surface area contributed by atoms with Crippen molar-refractivity contribution in [3.05, 3.63) is 0 Å². The Balaban J connectivity index is 1.94. The summed E-state index contributed by atoms with van der Waals surface area (Å²) in [6.45, 7) is 9.24. The van der Waals surface area contributed by atoms with Crippen LogP contribution in [-0.2, 0) is 0 Å². The third kappa shape index (κ3) is 3.52. The number of halogens is 2. The summed E-state index contributed by atoms with van der Waals surface area (Å²) in [5.41, 5.74) is 0.882. The average molecular weight is 309 g/mol. The van der Waals surface area contributed by atoms with E-state index in [2.05, 4.69) is 26.2 Å². The fraction of sp³-hybridized carbons (Fsp3) is 1.00. The molecule has 100 valence electrons. The van der Waals surface area contributed by atoms with Gasteiger partial charge in [-0.15, -0.1) is 0 Å². The predicted octanol–water partition coefficient (Wildman–Crippen LogP) is 5.68. The molecule has 2 fully saturated rings. The van der Waals surface area contributed by atoms with Crippen molar-refractivity contribution in [2.45, 2.75) is 63.5 Å². The van der Waals surface area contributed by atoms with E-state index in [1.54, 1.807) is 0 Å². The molecule has 0 aromatic carbocycles. The van der Waals surface area contributed by atoms with Crippen LogP contribution in [0, 0.1) is 17.8 Å². The van der Waals surface area contributed by atoms with E-state index in [9.17, 15) is 0 Å². The zero-order chi connectivity index (χ0) is 12.8. The van der Waals surface area contributed by atoms with Crippen LogP contribution in [0.3, 0.4) is 0 Å². The predicted molar refractivity (Wildman–Crippen MR) is 84.2 cm³/mol. The SMILES string of the molecule is C[Si](C)(Cl)CC[C@@H]1C[C@H]2C[C@@H]1[C@@H]([Si](C)(C)Cl)C2. The van der Waals surface area contributed by atoms with Crippen molar-refractivity contribution >= 4 is 36.9 Å². The summed E-state index contributed by atoms with van der Waals surface area (Å²) < 4.78 is 0. The molecule has 0 unspecified atom stereocenters. The van der Waals surface area contributed by atoms with Crippen molar-refractivity contribution in [3.63, 3.8) is 0 Å². The topological polar surface area (TPSA) is 0 Å². The van der Waals surface area contributed by atoms with E-state index in [0.717, 1.165) is 23.3 Å². The van der Waals surface area contributed by atoms with E-state index in [4.69, 9.17) is 22.2 Å². The standard InChI is InChI=1S/C13H26Cl2Si2/c1-16(2,14)6-5-11-7-10-8-12(11)13(9-10)17(3,4)15/h10-13H,5-9H2,1-4H3/t10-,11+,12-,13-/m0/s1. The smallest absolute Gasteiger partial charge is 0.153 e. The molecule has 0 heterocycles. The Morgan fingerprint density at radius 2 is 1.65 bits per heavy atom. The molecule has 0 aliphatic heterocycles. The Labute approximate surface area is 118 Å². The third-order valence-electron chi connectivity index (χ3n) is 4.94. The molecule has 0 saturated heterocycles. The molecule has 0 aromatic heterocycles. The van der Waals surface area contributed by atoms with E-state index in [1.165, 1.54) is 31.7 Å². The Morgan fingerprint density at radius 1 is 1.00 bits per heavy atom. The van der Waals surface area contributed by atoms with Gasteiger partial charge in [0.15, 0.2) is 14.8 Å². The molecular weight excluding hydrogens is 283 g/mol. The minimum Gasteiger partial charge on any atom is -0.168 e. The second-order valence-electron chi connectivity index (χ2n) is 7.43. The van der Waals surface area contributed by atoms with Crippen LogP contribution in [0.2, 0.25) is 37.8 Å². The van der Waals surface area contributed by atoms with Gasteiger partial charge in [-0.1, -0.05) is 32.6 Å². The van der Waals surface area contributed by atoms with Crippen molar-refractivity contribution in [3.8, 4) is 0 Å². The van der Waals surface area contributed by atoms with Gasteiger partial charge >= 0.3 is 0 Å². The maximum Gasteiger partial charge on any atom is 0.153 e. The minimum atomic E-state index is -1.44. The highest BCUT2D eigenvalue weighted by Gasteiger charge is 2.51. The first-order valence-electron chi connectivity index (χ1n) is 7.04. The van der Waals surface area contributed by atoms with Crippen molar-refractivity contribution in [2.75, 3.05) is 0 Å². The number of hydrogen-bond acceptors (Lipinski definition) is 0. The third-order valence-corrected chi connectivity index (χ3v) is 10.3. The molecule has 2 bridgehead atoms. The van der Waals surface area contributed by atoms with Gasteiger partial charge < -0.3 is 0 Å². The van der Waals surface area contributed by atoms with Crippen molar-refractivity contribution in [1.82, 2.24) is 0 Å². The fourth-order valence-electron chi connectivity index (χ4n) is 4.15. The molecule has 17 heavy (non-hydrogen) atoms. The quantitative estimate of drug-likeness (QED) is 0.463. The molecular formula is C13H26Cl2Si2. The molecule has 0 spiro atoms. The zero-order valence-electron chi connectivity index (χ0n) is 11.6. The molecule has 0 N–H and O–H groups in total. The Bertz CT molecular complexity index is 280. The molecule has 0 nitrogen and oxygen atoms in total. The van der Waals surface area contributed by atoms with E-state index in [1.807, 2.05) is 0 Å². The van der Waals surface area contributed by atoms with Crippen LogP contribution < -0.4 is 0 Å². The van der Waals surface area contributed by atoms with E-state index in [0.29, 0.717) is 0 Å². The molecule has 2 saturated carbocycles. The molecule has 4 atom stereocenters. The van der Waals surface area contributed by atoms with Gasteiger partial charge in [0.1, 0.15) is 0 Å². The van der Waals surface area contributed by atoms with Crippen LogP contribution in [0.25, 0.3) is 0 Å². The maximum atomic E-state index is 6.71. The van der Waals surface area contributed by atoms with Gasteiger partial charge in [-0.2, -0.15) is 22.2 Å². The molecule has 2 aliphatic carbocycles. The van der Waals surface area contributed by atoms with Gasteiger partial charge in [0.25, 0.3) is 0 Å². The molecule has 0 aromatic rings. The Kier molecular flexibility index (Phi) is 4.11. The van der Waals surface area contributed by atoms with Crippen LogP contribution >= 0.6 is 22.2 Å². The second-order valence-corrected chi connectivity index (χ2v) is 21.2. The Morgan fingerprint density at radius 3 is 2.12 bits per heavy atom. The first kappa shape index (κ1) is 14.4. The van der Waals surface area contributed by atoms with Crippen LogP contribution in [0.15, 0.2) is 0 Å². The monoisotopic (exact) mass is 308 g/mol. The molecule has 2 rings (SSSR count). The summed E-state index contributed by atoms with van der Waals surface area (Å²) in [6.07, 6.45) is 5.76. The van der Waals surface area contributed by atoms with Crippen molar-refractivity contribution in [1.29, 1.82) is 0 Å². The van der Waals surface area contributed by atoms with Crippen LogP contribution in [0.1, 0.15) is 25.7 Å². The summed E-state index contributed by atoms with van der Waals surface area (Å²) >= 11 is 13.2. The maximum absolute atomic E-state index is 6.71. The number of rotatable bonds is 4. The minimum absolute atomic E-state index is 0.882. The van der Waals surface area contributed by atoms with Gasteiger partial charge in [-0.05, 0) is 48.6 Å². The Hall–Kier alpha value is 1.01. The lowest BCUT2D eigenvalue weighted by atomic mass is 9.86. The van der Waals surface area contributed by atoms with Gasteiger partial charge in [-0.3, -0.25) is 0 Å². The molecule has 0 radical (unpaired) electrons. The lowest BCUT2D eigenvalue weighted by Gasteiger charge is -2.36. The summed E-state index contributed by atoms with van der Waals surface area (Å²) in [7, 11) is -2.81. The average Bonchev–Trinajstić information content (AvgIpc) is 2.70. The summed E-state index contributed by atoms with van der Waals surface area (Å²) in [6, 6.07) is 1.29. The first-order chi connectivity index (χ1) is 7.67. The normalized spacial score (nSPS) is 37.8. The van der Waals surface area contributed by atoms with E-state index >= 15 is 0 Å². The lowest BCUT2D eigenvalue weighted by Crippen LogP contribution is -2.33. The molecule has 2 aliphatic rings. The van der Waals surface area contributed by atoms with E-state index < -0.39 is 14.8 Å². The van der Waals surface area contributed by atoms with Crippen LogP contribution in [-0.4, -0.2) is 14.8 Å². The zero-order valence-corrected chi connectivity index (χ0v) is 15.1. The van der Waals surface area contributed by atoms with E-state index in [-0.39, 0.29) is 0 Å². The largest absolute Gasteiger partial charge is 0.168 e. The molecule has 4 heteroatoms. The van der Waals surface area contributed by atoms with Crippen molar-refractivity contribution in [2.24, 2.45) is 17.8 Å². The summed E-state index contributed by atoms with van der Waals surface area (Å²) in [5.74, 6) is 2.91. The highest BCUT2D eigenvalue weighted by atomic mass is 35.6. The lowest BCUT2D eigenvalue weighted by molar-refractivity contribution is 0.320. The fourth-order valence-corrected chi connectivity index (χ4v) is 8.60. The van der Waals surface area contributed by atoms with Gasteiger partial charge in [0, 0.05) is 0 Å². The first-order valence-corrected chi connectivity index (χ1v) is 15.4. The molecule has 0 amide bonds. The van der Waals surface area contributed by atoms with Crippen LogP contribution in [0.4, 0.5) is 0 Å². The highest BCUT2D eigenvalue weighted by Crippen LogP contribution is 2.60. The van der Waals surface area contributed by atoms with Gasteiger partial charge in [0.2, 0.25) is 0 Å². The summed E-state index contributed by atoms with van der Waals surface area (Å²) in [4.78, 5) is 0. The number of hydrogen-bond donors (Lipinski definition) is 0.